The van der Waals surface area contributed by atoms with Crippen molar-refractivity contribution < 1.29 is 23.4 Å². The van der Waals surface area contributed by atoms with E-state index >= 15 is 0 Å². The maximum atomic E-state index is 13.5. The molecule has 0 aliphatic carbocycles. The molecule has 0 saturated carbocycles. The lowest BCUT2D eigenvalue weighted by molar-refractivity contribution is 0.0597. The molecule has 0 aliphatic heterocycles. The summed E-state index contributed by atoms with van der Waals surface area (Å²) in [4.78, 5) is 14.9. The summed E-state index contributed by atoms with van der Waals surface area (Å²) in [5.74, 6) is -0.239. The Morgan fingerprint density at radius 1 is 1.04 bits per heavy atom. The Kier molecular flexibility index (Phi) is 3.89. The third-order valence-corrected chi connectivity index (χ3v) is 3.41. The highest BCUT2D eigenvalue weighted by Gasteiger charge is 2.17. The van der Waals surface area contributed by atoms with Crippen LogP contribution in [0.4, 0.5) is 4.39 Å². The van der Waals surface area contributed by atoms with Crippen LogP contribution in [0.2, 0.25) is 0 Å². The van der Waals surface area contributed by atoms with Crippen molar-refractivity contribution in [2.75, 3.05) is 14.2 Å². The van der Waals surface area contributed by atoms with Gasteiger partial charge in [0.25, 0.3) is 0 Å². The molecule has 2 aromatic carbocycles. The molecule has 0 aliphatic rings. The van der Waals surface area contributed by atoms with Gasteiger partial charge in [-0.3, -0.25) is 0 Å². The van der Waals surface area contributed by atoms with Crippen molar-refractivity contribution in [3.63, 3.8) is 0 Å². The number of benzene rings is 2. The summed E-state index contributed by atoms with van der Waals surface area (Å²) in [5, 5.41) is 0.900. The fourth-order valence-electron chi connectivity index (χ4n) is 2.28. The van der Waals surface area contributed by atoms with E-state index < -0.39 is 11.8 Å². The number of hydrogen-bond donors (Lipinski definition) is 1. The van der Waals surface area contributed by atoms with Gasteiger partial charge < -0.3 is 19.2 Å². The van der Waals surface area contributed by atoms with Crippen LogP contribution in [0.25, 0.3) is 10.9 Å². The van der Waals surface area contributed by atoms with E-state index in [9.17, 15) is 9.18 Å². The molecule has 5 nitrogen and oxygen atoms in total. The number of rotatable bonds is 4. The van der Waals surface area contributed by atoms with Crippen LogP contribution in [0.15, 0.2) is 42.6 Å². The molecule has 23 heavy (non-hydrogen) atoms. The van der Waals surface area contributed by atoms with Gasteiger partial charge in [-0.2, -0.15) is 0 Å². The minimum absolute atomic E-state index is 0.0602. The zero-order valence-electron chi connectivity index (χ0n) is 12.6. The summed E-state index contributed by atoms with van der Waals surface area (Å²) in [6.07, 6.45) is 1.79. The molecule has 0 spiro atoms. The first kappa shape index (κ1) is 14.9. The Hall–Kier alpha value is -3.02. The highest BCUT2D eigenvalue weighted by molar-refractivity contribution is 5.92. The number of hydrogen-bond acceptors (Lipinski definition) is 4. The summed E-state index contributed by atoms with van der Waals surface area (Å²) >= 11 is 0. The number of methoxy groups -OCH3 is 2. The molecule has 6 heteroatoms. The van der Waals surface area contributed by atoms with Gasteiger partial charge in [-0.05, 0) is 24.3 Å². The smallest absolute Gasteiger partial charge is 0.341 e. The van der Waals surface area contributed by atoms with E-state index in [1.54, 1.807) is 18.3 Å². The maximum Gasteiger partial charge on any atom is 0.341 e. The Morgan fingerprint density at radius 3 is 2.61 bits per heavy atom. The molecule has 3 aromatic rings. The van der Waals surface area contributed by atoms with Crippen LogP contribution >= 0.6 is 0 Å². The number of ether oxygens (including phenoxy) is 3. The molecular formula is C17H14FNO4. The average molecular weight is 315 g/mol. The summed E-state index contributed by atoms with van der Waals surface area (Å²) in [6, 6.07) is 9.00. The molecule has 1 aromatic heterocycles. The van der Waals surface area contributed by atoms with Crippen molar-refractivity contribution in [3.8, 4) is 17.2 Å². The topological polar surface area (TPSA) is 60.5 Å². The minimum atomic E-state index is -0.610. The molecular weight excluding hydrogens is 301 g/mol. The monoisotopic (exact) mass is 315 g/mol. The quantitative estimate of drug-likeness (QED) is 0.742. The highest BCUT2D eigenvalue weighted by atomic mass is 19.1. The largest absolute Gasteiger partial charge is 0.493 e. The van der Waals surface area contributed by atoms with Crippen LogP contribution in [0.3, 0.4) is 0 Å². The van der Waals surface area contributed by atoms with Gasteiger partial charge in [-0.25, -0.2) is 9.18 Å². The highest BCUT2D eigenvalue weighted by Crippen LogP contribution is 2.36. The van der Waals surface area contributed by atoms with Crippen LogP contribution in [0, 0.1) is 5.82 Å². The Morgan fingerprint density at radius 2 is 1.87 bits per heavy atom. The predicted octanol–water partition coefficient (Wildman–Crippen LogP) is 3.89. The van der Waals surface area contributed by atoms with Gasteiger partial charge in [-0.15, -0.1) is 0 Å². The normalized spacial score (nSPS) is 10.6. The third kappa shape index (κ3) is 2.83. The number of halogens is 1. The lowest BCUT2D eigenvalue weighted by Gasteiger charge is -2.13. The van der Waals surface area contributed by atoms with Gasteiger partial charge in [0.1, 0.15) is 17.1 Å². The van der Waals surface area contributed by atoms with Crippen molar-refractivity contribution in [2.24, 2.45) is 0 Å². The number of esters is 1. The molecule has 118 valence electrons. The average Bonchev–Trinajstić information content (AvgIpc) is 3.00. The second-order valence-corrected chi connectivity index (χ2v) is 4.80. The van der Waals surface area contributed by atoms with Gasteiger partial charge in [-0.1, -0.05) is 0 Å². The van der Waals surface area contributed by atoms with Crippen LogP contribution in [0.5, 0.6) is 17.2 Å². The SMILES string of the molecule is COC(=O)c1ccc(F)cc1Oc1cc2cc[nH]c2cc1OC. The zero-order valence-corrected chi connectivity index (χ0v) is 12.6. The van der Waals surface area contributed by atoms with Crippen molar-refractivity contribution in [1.82, 2.24) is 4.98 Å². The molecule has 0 unspecified atom stereocenters. The standard InChI is InChI=1S/C17H14FNO4/c1-21-15-9-13-10(5-6-19-13)7-16(15)23-14-8-11(18)3-4-12(14)17(20)22-2/h3-9,19H,1-2H3. The summed E-state index contributed by atoms with van der Waals surface area (Å²) in [6.45, 7) is 0. The molecule has 0 amide bonds. The first-order valence-corrected chi connectivity index (χ1v) is 6.83. The third-order valence-electron chi connectivity index (χ3n) is 3.41. The fourth-order valence-corrected chi connectivity index (χ4v) is 2.28. The number of fused-ring (bicyclic) bond motifs is 1. The van der Waals surface area contributed by atoms with Crippen LogP contribution < -0.4 is 9.47 Å². The van der Waals surface area contributed by atoms with Crippen LogP contribution in [0.1, 0.15) is 10.4 Å². The molecule has 1 heterocycles. The van der Waals surface area contributed by atoms with E-state index in [0.29, 0.717) is 11.5 Å². The number of carbonyl (C=O) groups excluding carboxylic acids is 1. The molecule has 1 N–H and O–H groups in total. The first-order valence-electron chi connectivity index (χ1n) is 6.83. The summed E-state index contributed by atoms with van der Waals surface area (Å²) < 4.78 is 29.3. The predicted molar refractivity (Wildman–Crippen MR) is 82.7 cm³/mol. The number of aromatic nitrogens is 1. The van der Waals surface area contributed by atoms with E-state index in [1.165, 1.54) is 26.4 Å². The minimum Gasteiger partial charge on any atom is -0.493 e. The van der Waals surface area contributed by atoms with E-state index in [-0.39, 0.29) is 11.3 Å². The van der Waals surface area contributed by atoms with Crippen LogP contribution in [-0.2, 0) is 4.74 Å². The fraction of sp³-hybridized carbons (Fsp3) is 0.118. The second kappa shape index (κ2) is 6.00. The summed E-state index contributed by atoms with van der Waals surface area (Å²) in [5.41, 5.74) is 1.01. The second-order valence-electron chi connectivity index (χ2n) is 4.80. The number of aromatic amines is 1. The Balaban J connectivity index is 2.07. The molecule has 0 atom stereocenters. The van der Waals surface area contributed by atoms with Crippen LogP contribution in [-0.4, -0.2) is 25.2 Å². The Labute approximate surface area is 131 Å². The van der Waals surface area contributed by atoms with E-state index in [2.05, 4.69) is 4.98 Å². The van der Waals surface area contributed by atoms with Gasteiger partial charge in [0.2, 0.25) is 0 Å². The van der Waals surface area contributed by atoms with E-state index in [4.69, 9.17) is 14.2 Å². The lowest BCUT2D eigenvalue weighted by Crippen LogP contribution is -2.04. The molecule has 0 fully saturated rings. The summed E-state index contributed by atoms with van der Waals surface area (Å²) in [7, 11) is 2.76. The number of nitrogens with one attached hydrogen (secondary N) is 1. The van der Waals surface area contributed by atoms with Gasteiger partial charge in [0.15, 0.2) is 11.5 Å². The molecule has 0 bridgehead atoms. The lowest BCUT2D eigenvalue weighted by atomic mass is 10.2. The van der Waals surface area contributed by atoms with Crippen molar-refractivity contribution in [1.29, 1.82) is 0 Å². The zero-order chi connectivity index (χ0) is 16.4. The molecule has 0 radical (unpaired) electrons. The maximum absolute atomic E-state index is 13.5. The van der Waals surface area contributed by atoms with E-state index in [1.807, 2.05) is 6.07 Å². The van der Waals surface area contributed by atoms with E-state index in [0.717, 1.165) is 17.0 Å². The number of H-pyrrole nitrogens is 1. The molecule has 3 rings (SSSR count). The van der Waals surface area contributed by atoms with Crippen molar-refractivity contribution >= 4 is 16.9 Å². The van der Waals surface area contributed by atoms with Gasteiger partial charge in [0.05, 0.1) is 14.2 Å². The first-order chi connectivity index (χ1) is 11.1. The Bertz CT molecular complexity index is 872. The van der Waals surface area contributed by atoms with Crippen molar-refractivity contribution in [2.45, 2.75) is 0 Å². The van der Waals surface area contributed by atoms with Gasteiger partial charge >= 0.3 is 5.97 Å². The molecule has 0 saturated heterocycles. The van der Waals surface area contributed by atoms with Crippen molar-refractivity contribution in [3.05, 3.63) is 54.0 Å². The number of carbonyl (C=O) groups is 1. The van der Waals surface area contributed by atoms with Gasteiger partial charge in [0, 0.05) is 29.2 Å².